The molecule has 0 bridgehead atoms. The number of fused-ring (bicyclic) bond motifs is 1. The summed E-state index contributed by atoms with van der Waals surface area (Å²) in [7, 11) is 0. The van der Waals surface area contributed by atoms with E-state index in [1.165, 1.54) is 0 Å². The normalized spacial score (nSPS) is 13.2. The maximum atomic E-state index is 10.3. The highest BCUT2D eigenvalue weighted by atomic mass is 16.5. The van der Waals surface area contributed by atoms with Crippen molar-refractivity contribution < 1.29 is 9.84 Å². The molecule has 0 saturated heterocycles. The van der Waals surface area contributed by atoms with Gasteiger partial charge in [0, 0.05) is 12.0 Å². The van der Waals surface area contributed by atoms with Crippen LogP contribution in [0.3, 0.4) is 0 Å². The number of aryl methyl sites for hydroxylation is 1. The standard InChI is InChI=1S/C23H20N2O2/c1-16-8-2-7-13-23(16)27-15-17-14-21(18-9-3-6-12-22(18)26)25-20-11-5-4-10-19(20)24-17/h2-13,26H,14-15H2,1H3. The van der Waals surface area contributed by atoms with E-state index in [0.29, 0.717) is 13.0 Å². The lowest BCUT2D eigenvalue weighted by atomic mass is 10.0. The number of phenolic OH excluding ortho intramolecular Hbond substituents is 1. The molecule has 1 N–H and O–H groups in total. The molecule has 3 aromatic rings. The molecule has 4 nitrogen and oxygen atoms in total. The van der Waals surface area contributed by atoms with Crippen LogP contribution in [0.25, 0.3) is 0 Å². The summed E-state index contributed by atoms with van der Waals surface area (Å²) < 4.78 is 6.01. The summed E-state index contributed by atoms with van der Waals surface area (Å²) in [6.07, 6.45) is 0.512. The lowest BCUT2D eigenvalue weighted by molar-refractivity contribution is 0.372. The van der Waals surface area contributed by atoms with Crippen molar-refractivity contribution in [2.24, 2.45) is 9.98 Å². The summed E-state index contributed by atoms with van der Waals surface area (Å²) in [5.41, 5.74) is 5.06. The van der Waals surface area contributed by atoms with Gasteiger partial charge in [-0.05, 0) is 42.8 Å². The molecular formula is C23H20N2O2. The summed E-state index contributed by atoms with van der Waals surface area (Å²) in [5, 5.41) is 10.3. The lowest BCUT2D eigenvalue weighted by Crippen LogP contribution is -2.16. The molecule has 4 rings (SSSR count). The summed E-state index contributed by atoms with van der Waals surface area (Å²) >= 11 is 0. The first-order chi connectivity index (χ1) is 13.2. The highest BCUT2D eigenvalue weighted by molar-refractivity contribution is 6.16. The summed E-state index contributed by atoms with van der Waals surface area (Å²) in [5.74, 6) is 1.06. The number of para-hydroxylation sites is 4. The number of hydrogen-bond acceptors (Lipinski definition) is 4. The molecule has 0 spiro atoms. The molecule has 27 heavy (non-hydrogen) atoms. The minimum Gasteiger partial charge on any atom is -0.507 e. The number of phenols is 1. The number of aliphatic imine (C=N–C) groups is 2. The molecule has 0 aromatic heterocycles. The van der Waals surface area contributed by atoms with Gasteiger partial charge in [-0.2, -0.15) is 0 Å². The zero-order chi connectivity index (χ0) is 18.6. The Balaban J connectivity index is 1.68. The van der Waals surface area contributed by atoms with E-state index in [4.69, 9.17) is 14.7 Å². The van der Waals surface area contributed by atoms with E-state index in [-0.39, 0.29) is 5.75 Å². The lowest BCUT2D eigenvalue weighted by Gasteiger charge is -2.12. The van der Waals surface area contributed by atoms with Gasteiger partial charge in [0.2, 0.25) is 0 Å². The second-order valence-corrected chi connectivity index (χ2v) is 6.47. The molecule has 0 saturated carbocycles. The van der Waals surface area contributed by atoms with E-state index in [1.807, 2.05) is 67.6 Å². The average molecular weight is 356 g/mol. The van der Waals surface area contributed by atoms with Crippen LogP contribution in [-0.4, -0.2) is 23.1 Å². The van der Waals surface area contributed by atoms with Crippen molar-refractivity contribution in [3.05, 3.63) is 83.9 Å². The minimum absolute atomic E-state index is 0.217. The third-order valence-corrected chi connectivity index (χ3v) is 4.49. The number of hydrogen-bond donors (Lipinski definition) is 1. The van der Waals surface area contributed by atoms with Crippen LogP contribution in [0.15, 0.2) is 82.8 Å². The highest BCUT2D eigenvalue weighted by Crippen LogP contribution is 2.33. The maximum absolute atomic E-state index is 10.3. The van der Waals surface area contributed by atoms with Crippen molar-refractivity contribution in [1.29, 1.82) is 0 Å². The van der Waals surface area contributed by atoms with E-state index in [9.17, 15) is 5.11 Å². The molecule has 0 amide bonds. The maximum Gasteiger partial charge on any atom is 0.127 e. The fourth-order valence-corrected chi connectivity index (χ4v) is 3.08. The van der Waals surface area contributed by atoms with Crippen molar-refractivity contribution in [2.45, 2.75) is 13.3 Å². The number of ether oxygens (including phenoxy) is 1. The molecule has 0 fully saturated rings. The van der Waals surface area contributed by atoms with Crippen molar-refractivity contribution in [1.82, 2.24) is 0 Å². The first kappa shape index (κ1) is 17.0. The fourth-order valence-electron chi connectivity index (χ4n) is 3.08. The predicted molar refractivity (Wildman–Crippen MR) is 109 cm³/mol. The predicted octanol–water partition coefficient (Wildman–Crippen LogP) is 5.38. The zero-order valence-electron chi connectivity index (χ0n) is 15.1. The number of rotatable bonds is 4. The van der Waals surface area contributed by atoms with Gasteiger partial charge in [0.05, 0.1) is 22.8 Å². The van der Waals surface area contributed by atoms with Gasteiger partial charge in [0.15, 0.2) is 0 Å². The number of aromatic hydroxyl groups is 1. The van der Waals surface area contributed by atoms with Crippen LogP contribution in [0.5, 0.6) is 11.5 Å². The molecule has 4 heteroatoms. The Bertz CT molecular complexity index is 1040. The molecule has 3 aromatic carbocycles. The Morgan fingerprint density at radius 2 is 1.52 bits per heavy atom. The van der Waals surface area contributed by atoms with Gasteiger partial charge in [-0.3, -0.25) is 9.98 Å². The van der Waals surface area contributed by atoms with Crippen LogP contribution < -0.4 is 4.74 Å². The van der Waals surface area contributed by atoms with Crippen LogP contribution in [0.2, 0.25) is 0 Å². The van der Waals surface area contributed by atoms with E-state index in [0.717, 1.165) is 39.7 Å². The van der Waals surface area contributed by atoms with Gasteiger partial charge in [-0.25, -0.2) is 0 Å². The van der Waals surface area contributed by atoms with Gasteiger partial charge in [-0.15, -0.1) is 0 Å². The second-order valence-electron chi connectivity index (χ2n) is 6.47. The summed E-state index contributed by atoms with van der Waals surface area (Å²) in [6.45, 7) is 2.39. The molecule has 0 atom stereocenters. The smallest absolute Gasteiger partial charge is 0.127 e. The Labute approximate surface area is 158 Å². The van der Waals surface area contributed by atoms with Gasteiger partial charge >= 0.3 is 0 Å². The largest absolute Gasteiger partial charge is 0.507 e. The Hall–Kier alpha value is -3.40. The van der Waals surface area contributed by atoms with Gasteiger partial charge in [0.1, 0.15) is 18.1 Å². The van der Waals surface area contributed by atoms with Crippen LogP contribution in [0.4, 0.5) is 11.4 Å². The fraction of sp³-hybridized carbons (Fsp3) is 0.130. The first-order valence-electron chi connectivity index (χ1n) is 8.90. The highest BCUT2D eigenvalue weighted by Gasteiger charge is 2.17. The second kappa shape index (κ2) is 7.46. The average Bonchev–Trinajstić information content (AvgIpc) is 2.87. The third-order valence-electron chi connectivity index (χ3n) is 4.49. The molecule has 134 valence electrons. The van der Waals surface area contributed by atoms with E-state index < -0.39 is 0 Å². The SMILES string of the molecule is Cc1ccccc1OCC1=Nc2ccccc2N=C(c2ccccc2O)C1. The van der Waals surface area contributed by atoms with Crippen LogP contribution in [0, 0.1) is 6.92 Å². The monoisotopic (exact) mass is 356 g/mol. The Morgan fingerprint density at radius 1 is 0.852 bits per heavy atom. The van der Waals surface area contributed by atoms with E-state index >= 15 is 0 Å². The molecular weight excluding hydrogens is 336 g/mol. The van der Waals surface area contributed by atoms with E-state index in [1.54, 1.807) is 12.1 Å². The van der Waals surface area contributed by atoms with Gasteiger partial charge in [-0.1, -0.05) is 42.5 Å². The first-order valence-corrected chi connectivity index (χ1v) is 8.90. The molecule has 1 aliphatic heterocycles. The van der Waals surface area contributed by atoms with E-state index in [2.05, 4.69) is 0 Å². The molecule has 0 radical (unpaired) electrons. The van der Waals surface area contributed by atoms with Crippen molar-refractivity contribution in [3.8, 4) is 11.5 Å². The molecule has 1 heterocycles. The van der Waals surface area contributed by atoms with Crippen LogP contribution in [-0.2, 0) is 0 Å². The molecule has 0 unspecified atom stereocenters. The summed E-state index contributed by atoms with van der Waals surface area (Å²) in [6, 6.07) is 23.0. The van der Waals surface area contributed by atoms with Crippen molar-refractivity contribution in [3.63, 3.8) is 0 Å². The van der Waals surface area contributed by atoms with Crippen LogP contribution >= 0.6 is 0 Å². The third kappa shape index (κ3) is 3.75. The number of benzene rings is 3. The van der Waals surface area contributed by atoms with Crippen molar-refractivity contribution >= 4 is 22.8 Å². The molecule has 1 aliphatic rings. The number of nitrogens with zero attached hydrogens (tertiary/aromatic N) is 2. The van der Waals surface area contributed by atoms with Crippen LogP contribution in [0.1, 0.15) is 17.5 Å². The van der Waals surface area contributed by atoms with Gasteiger partial charge in [0.25, 0.3) is 0 Å². The molecule has 0 aliphatic carbocycles. The topological polar surface area (TPSA) is 54.2 Å². The minimum atomic E-state index is 0.217. The quantitative estimate of drug-likeness (QED) is 0.682. The van der Waals surface area contributed by atoms with Gasteiger partial charge < -0.3 is 9.84 Å². The zero-order valence-corrected chi connectivity index (χ0v) is 15.1. The van der Waals surface area contributed by atoms with Crippen molar-refractivity contribution in [2.75, 3.05) is 6.61 Å². The Kier molecular flexibility index (Phi) is 4.71. The summed E-state index contributed by atoms with van der Waals surface area (Å²) in [4.78, 5) is 9.56. The Morgan fingerprint density at radius 3 is 2.30 bits per heavy atom.